The molecule has 1 aromatic rings. The second-order valence-electron chi connectivity index (χ2n) is 6.01. The van der Waals surface area contributed by atoms with Crippen LogP contribution in [-0.2, 0) is 0 Å². The van der Waals surface area contributed by atoms with Gasteiger partial charge in [0.05, 0.1) is 5.56 Å². The SMILES string of the molecule is CC(C)C1CCCCC1NC(=O)c1ccc(C(=O)O)cn1. The van der Waals surface area contributed by atoms with E-state index in [0.717, 1.165) is 19.3 Å². The van der Waals surface area contributed by atoms with Gasteiger partial charge in [-0.15, -0.1) is 0 Å². The van der Waals surface area contributed by atoms with Crippen molar-refractivity contribution in [3.8, 4) is 0 Å². The van der Waals surface area contributed by atoms with E-state index >= 15 is 0 Å². The zero-order valence-corrected chi connectivity index (χ0v) is 12.5. The fourth-order valence-corrected chi connectivity index (χ4v) is 3.03. The molecule has 1 aromatic heterocycles. The number of carbonyl (C=O) groups is 2. The molecule has 0 radical (unpaired) electrons. The Hall–Kier alpha value is -1.91. The summed E-state index contributed by atoms with van der Waals surface area (Å²) in [5.41, 5.74) is 0.359. The van der Waals surface area contributed by atoms with Gasteiger partial charge in [0.15, 0.2) is 0 Å². The molecule has 0 aromatic carbocycles. The summed E-state index contributed by atoms with van der Waals surface area (Å²) in [7, 11) is 0. The number of rotatable bonds is 4. The number of aromatic nitrogens is 1. The van der Waals surface area contributed by atoms with E-state index < -0.39 is 5.97 Å². The van der Waals surface area contributed by atoms with Crippen molar-refractivity contribution in [1.82, 2.24) is 10.3 Å². The third-order valence-corrected chi connectivity index (χ3v) is 4.24. The fraction of sp³-hybridized carbons (Fsp3) is 0.562. The van der Waals surface area contributed by atoms with Crippen molar-refractivity contribution in [3.63, 3.8) is 0 Å². The van der Waals surface area contributed by atoms with E-state index in [1.165, 1.54) is 24.8 Å². The van der Waals surface area contributed by atoms with Gasteiger partial charge in [-0.25, -0.2) is 4.79 Å². The standard InChI is InChI=1S/C16H22N2O3/c1-10(2)12-5-3-4-6-13(12)18-15(19)14-8-7-11(9-17-14)16(20)21/h7-10,12-13H,3-6H2,1-2H3,(H,18,19)(H,20,21). The van der Waals surface area contributed by atoms with Gasteiger partial charge >= 0.3 is 5.97 Å². The van der Waals surface area contributed by atoms with Crippen LogP contribution in [0.5, 0.6) is 0 Å². The molecule has 1 amide bonds. The van der Waals surface area contributed by atoms with Crippen LogP contribution in [0.3, 0.4) is 0 Å². The summed E-state index contributed by atoms with van der Waals surface area (Å²) in [6, 6.07) is 3.06. The molecular formula is C16H22N2O3. The Balaban J connectivity index is 2.04. The van der Waals surface area contributed by atoms with Crippen LogP contribution in [0.25, 0.3) is 0 Å². The zero-order valence-electron chi connectivity index (χ0n) is 12.5. The first-order valence-electron chi connectivity index (χ1n) is 7.49. The third-order valence-electron chi connectivity index (χ3n) is 4.24. The highest BCUT2D eigenvalue weighted by Gasteiger charge is 2.29. The smallest absolute Gasteiger partial charge is 0.337 e. The monoisotopic (exact) mass is 290 g/mol. The Bertz CT molecular complexity index is 511. The fourth-order valence-electron chi connectivity index (χ4n) is 3.03. The number of amides is 1. The van der Waals surface area contributed by atoms with Crippen LogP contribution in [0, 0.1) is 11.8 Å². The van der Waals surface area contributed by atoms with Crippen molar-refractivity contribution in [2.45, 2.75) is 45.6 Å². The average Bonchev–Trinajstić information content (AvgIpc) is 2.47. The lowest BCUT2D eigenvalue weighted by Crippen LogP contribution is -2.44. The van der Waals surface area contributed by atoms with Gasteiger partial charge in [-0.05, 0) is 36.8 Å². The van der Waals surface area contributed by atoms with Crippen molar-refractivity contribution >= 4 is 11.9 Å². The Morgan fingerprint density at radius 1 is 1.29 bits per heavy atom. The van der Waals surface area contributed by atoms with Crippen molar-refractivity contribution in [1.29, 1.82) is 0 Å². The number of nitrogens with one attached hydrogen (secondary N) is 1. The minimum Gasteiger partial charge on any atom is -0.478 e. The van der Waals surface area contributed by atoms with Crippen LogP contribution in [0.15, 0.2) is 18.3 Å². The predicted molar refractivity (Wildman–Crippen MR) is 79.2 cm³/mol. The largest absolute Gasteiger partial charge is 0.478 e. The molecule has 1 aliphatic rings. The van der Waals surface area contributed by atoms with Gasteiger partial charge in [0, 0.05) is 12.2 Å². The van der Waals surface area contributed by atoms with E-state index in [9.17, 15) is 9.59 Å². The third kappa shape index (κ3) is 3.80. The highest BCUT2D eigenvalue weighted by atomic mass is 16.4. The molecule has 1 heterocycles. The van der Waals surface area contributed by atoms with Crippen LogP contribution < -0.4 is 5.32 Å². The molecule has 2 N–H and O–H groups in total. The molecule has 1 fully saturated rings. The van der Waals surface area contributed by atoms with Crippen LogP contribution in [-0.4, -0.2) is 28.0 Å². The quantitative estimate of drug-likeness (QED) is 0.893. The van der Waals surface area contributed by atoms with E-state index in [4.69, 9.17) is 5.11 Å². The molecule has 0 aliphatic heterocycles. The topological polar surface area (TPSA) is 79.3 Å². The maximum absolute atomic E-state index is 12.2. The lowest BCUT2D eigenvalue weighted by molar-refractivity contribution is 0.0695. The molecule has 0 saturated heterocycles. The summed E-state index contributed by atoms with van der Waals surface area (Å²) in [5.74, 6) is -0.218. The first kappa shape index (κ1) is 15.5. The van der Waals surface area contributed by atoms with E-state index in [0.29, 0.717) is 11.8 Å². The van der Waals surface area contributed by atoms with Gasteiger partial charge in [-0.2, -0.15) is 0 Å². The Kier molecular flexibility index (Phi) is 4.94. The number of pyridine rings is 1. The zero-order chi connectivity index (χ0) is 15.4. The number of hydrogen-bond donors (Lipinski definition) is 2. The lowest BCUT2D eigenvalue weighted by Gasteiger charge is -2.34. The van der Waals surface area contributed by atoms with Crippen LogP contribution >= 0.6 is 0 Å². The van der Waals surface area contributed by atoms with E-state index in [-0.39, 0.29) is 23.2 Å². The molecule has 1 saturated carbocycles. The molecule has 2 unspecified atom stereocenters. The second kappa shape index (κ2) is 6.70. The van der Waals surface area contributed by atoms with Gasteiger partial charge in [0.1, 0.15) is 5.69 Å². The molecule has 0 spiro atoms. The molecule has 2 rings (SSSR count). The number of aromatic carboxylic acids is 1. The van der Waals surface area contributed by atoms with Gasteiger partial charge in [0.25, 0.3) is 5.91 Å². The maximum Gasteiger partial charge on any atom is 0.337 e. The lowest BCUT2D eigenvalue weighted by atomic mass is 9.78. The Morgan fingerprint density at radius 2 is 2.00 bits per heavy atom. The molecule has 1 aliphatic carbocycles. The summed E-state index contributed by atoms with van der Waals surface area (Å²) >= 11 is 0. The van der Waals surface area contributed by atoms with E-state index in [1.54, 1.807) is 0 Å². The summed E-state index contributed by atoms with van der Waals surface area (Å²) in [5, 5.41) is 11.9. The summed E-state index contributed by atoms with van der Waals surface area (Å²) in [4.78, 5) is 27.0. The molecule has 5 nitrogen and oxygen atoms in total. The normalized spacial score (nSPS) is 22.0. The van der Waals surface area contributed by atoms with Crippen LogP contribution in [0.4, 0.5) is 0 Å². The van der Waals surface area contributed by atoms with E-state index in [1.807, 2.05) is 0 Å². The molecular weight excluding hydrogens is 268 g/mol. The molecule has 21 heavy (non-hydrogen) atoms. The number of hydrogen-bond acceptors (Lipinski definition) is 3. The second-order valence-corrected chi connectivity index (χ2v) is 6.01. The average molecular weight is 290 g/mol. The molecule has 5 heteroatoms. The summed E-state index contributed by atoms with van der Waals surface area (Å²) in [6.07, 6.45) is 5.73. The Morgan fingerprint density at radius 3 is 2.57 bits per heavy atom. The Labute approximate surface area is 124 Å². The van der Waals surface area contributed by atoms with Gasteiger partial charge in [-0.1, -0.05) is 26.7 Å². The highest BCUT2D eigenvalue weighted by Crippen LogP contribution is 2.30. The van der Waals surface area contributed by atoms with Crippen molar-refractivity contribution < 1.29 is 14.7 Å². The van der Waals surface area contributed by atoms with Gasteiger partial charge in [-0.3, -0.25) is 9.78 Å². The highest BCUT2D eigenvalue weighted by molar-refractivity contribution is 5.93. The minimum absolute atomic E-state index is 0.0873. The number of carboxylic acids is 1. The predicted octanol–water partition coefficient (Wildman–Crippen LogP) is 2.72. The molecule has 0 bridgehead atoms. The van der Waals surface area contributed by atoms with E-state index in [2.05, 4.69) is 24.1 Å². The molecule has 114 valence electrons. The van der Waals surface area contributed by atoms with Crippen LogP contribution in [0.2, 0.25) is 0 Å². The number of nitrogens with zero attached hydrogens (tertiary/aromatic N) is 1. The summed E-state index contributed by atoms with van der Waals surface area (Å²) < 4.78 is 0. The first-order chi connectivity index (χ1) is 9.99. The summed E-state index contributed by atoms with van der Waals surface area (Å²) in [6.45, 7) is 4.38. The first-order valence-corrected chi connectivity index (χ1v) is 7.49. The van der Waals surface area contributed by atoms with Crippen molar-refractivity contribution in [2.75, 3.05) is 0 Å². The molecule has 2 atom stereocenters. The van der Waals surface area contributed by atoms with Gasteiger partial charge in [0.2, 0.25) is 0 Å². The van der Waals surface area contributed by atoms with Crippen molar-refractivity contribution in [2.24, 2.45) is 11.8 Å². The minimum atomic E-state index is -1.04. The van der Waals surface area contributed by atoms with Gasteiger partial charge < -0.3 is 10.4 Å². The van der Waals surface area contributed by atoms with Crippen LogP contribution in [0.1, 0.15) is 60.4 Å². The number of carbonyl (C=O) groups excluding carboxylic acids is 1. The maximum atomic E-state index is 12.2. The number of carboxylic acid groups (broad SMARTS) is 1. The van der Waals surface area contributed by atoms with Crippen molar-refractivity contribution in [3.05, 3.63) is 29.6 Å².